The van der Waals surface area contributed by atoms with E-state index < -0.39 is 30.4 Å². The lowest BCUT2D eigenvalue weighted by molar-refractivity contribution is -0.138. The van der Waals surface area contributed by atoms with Gasteiger partial charge in [-0.3, -0.25) is 4.79 Å². The number of nitrogens with one attached hydrogen (secondary N) is 1. The van der Waals surface area contributed by atoms with Crippen molar-refractivity contribution in [3.63, 3.8) is 0 Å². The zero-order chi connectivity index (χ0) is 13.9. The standard InChI is InChI=1S/C11H10BrF4NO/c1-6(5-11(14,15)16)17-10(18)7-2-3-8(12)9(13)4-7/h2-4,6H,5H2,1H3,(H,17,18). The zero-order valence-electron chi connectivity index (χ0n) is 9.31. The molecule has 0 heterocycles. The van der Waals surface area contributed by atoms with Crippen molar-refractivity contribution in [2.45, 2.75) is 25.6 Å². The van der Waals surface area contributed by atoms with E-state index >= 15 is 0 Å². The van der Waals surface area contributed by atoms with Gasteiger partial charge in [-0.1, -0.05) is 0 Å². The highest BCUT2D eigenvalue weighted by molar-refractivity contribution is 9.10. The van der Waals surface area contributed by atoms with Crippen molar-refractivity contribution >= 4 is 21.8 Å². The topological polar surface area (TPSA) is 29.1 Å². The fraction of sp³-hybridized carbons (Fsp3) is 0.364. The molecule has 1 unspecified atom stereocenters. The molecular formula is C11H10BrF4NO. The van der Waals surface area contributed by atoms with Crippen LogP contribution in [0.2, 0.25) is 0 Å². The zero-order valence-corrected chi connectivity index (χ0v) is 10.9. The molecule has 18 heavy (non-hydrogen) atoms. The number of alkyl halides is 3. The van der Waals surface area contributed by atoms with Crippen molar-refractivity contribution in [2.24, 2.45) is 0 Å². The highest BCUT2D eigenvalue weighted by Crippen LogP contribution is 2.21. The van der Waals surface area contributed by atoms with Gasteiger partial charge in [-0.25, -0.2) is 4.39 Å². The Kier molecular flexibility index (Phi) is 4.72. The number of amides is 1. The number of benzene rings is 1. The summed E-state index contributed by atoms with van der Waals surface area (Å²) in [6.45, 7) is 1.24. The predicted octanol–water partition coefficient (Wildman–Crippen LogP) is 3.66. The van der Waals surface area contributed by atoms with Crippen LogP contribution in [0.4, 0.5) is 17.6 Å². The van der Waals surface area contributed by atoms with E-state index in [0.717, 1.165) is 6.07 Å². The molecule has 1 N–H and O–H groups in total. The molecule has 0 aliphatic carbocycles. The van der Waals surface area contributed by atoms with Crippen molar-refractivity contribution in [2.75, 3.05) is 0 Å². The molecule has 0 bridgehead atoms. The second kappa shape index (κ2) is 5.69. The van der Waals surface area contributed by atoms with Crippen molar-refractivity contribution < 1.29 is 22.4 Å². The fourth-order valence-corrected chi connectivity index (χ4v) is 1.59. The average Bonchev–Trinajstić information content (AvgIpc) is 2.18. The van der Waals surface area contributed by atoms with E-state index in [-0.39, 0.29) is 10.0 Å². The first-order valence-electron chi connectivity index (χ1n) is 5.01. The molecule has 0 saturated heterocycles. The van der Waals surface area contributed by atoms with Crippen molar-refractivity contribution in [1.29, 1.82) is 0 Å². The van der Waals surface area contributed by atoms with Crippen LogP contribution < -0.4 is 5.32 Å². The Morgan fingerprint density at radius 3 is 2.56 bits per heavy atom. The van der Waals surface area contributed by atoms with Gasteiger partial charge in [0, 0.05) is 11.6 Å². The van der Waals surface area contributed by atoms with Crippen LogP contribution in [-0.2, 0) is 0 Å². The van der Waals surface area contributed by atoms with Gasteiger partial charge in [0.15, 0.2) is 0 Å². The SMILES string of the molecule is CC(CC(F)(F)F)NC(=O)c1ccc(Br)c(F)c1. The number of hydrogen-bond donors (Lipinski definition) is 1. The largest absolute Gasteiger partial charge is 0.391 e. The van der Waals surface area contributed by atoms with Gasteiger partial charge in [0.1, 0.15) is 5.82 Å². The van der Waals surface area contributed by atoms with E-state index in [4.69, 9.17) is 0 Å². The van der Waals surface area contributed by atoms with Gasteiger partial charge in [0.05, 0.1) is 10.9 Å². The van der Waals surface area contributed by atoms with Crippen LogP contribution in [0, 0.1) is 5.82 Å². The van der Waals surface area contributed by atoms with Gasteiger partial charge in [0.2, 0.25) is 0 Å². The van der Waals surface area contributed by atoms with E-state index in [1.165, 1.54) is 19.1 Å². The predicted molar refractivity (Wildman–Crippen MR) is 61.7 cm³/mol. The minimum absolute atomic E-state index is 0.0234. The Morgan fingerprint density at radius 1 is 1.44 bits per heavy atom. The summed E-state index contributed by atoms with van der Waals surface area (Å²) in [5.74, 6) is -1.38. The molecule has 0 aromatic heterocycles. The molecule has 1 rings (SSSR count). The maximum Gasteiger partial charge on any atom is 0.391 e. The third-order valence-electron chi connectivity index (χ3n) is 2.10. The maximum atomic E-state index is 13.1. The van der Waals surface area contributed by atoms with Gasteiger partial charge in [-0.2, -0.15) is 13.2 Å². The third kappa shape index (κ3) is 4.64. The molecule has 7 heteroatoms. The van der Waals surface area contributed by atoms with Crippen molar-refractivity contribution in [1.82, 2.24) is 5.32 Å². The van der Waals surface area contributed by atoms with Gasteiger partial charge in [-0.15, -0.1) is 0 Å². The van der Waals surface area contributed by atoms with Crippen LogP contribution in [0.3, 0.4) is 0 Å². The van der Waals surface area contributed by atoms with Crippen LogP contribution in [0.15, 0.2) is 22.7 Å². The molecule has 0 aliphatic heterocycles. The maximum absolute atomic E-state index is 13.1. The second-order valence-corrected chi connectivity index (χ2v) is 4.68. The van der Waals surface area contributed by atoms with Crippen molar-refractivity contribution in [3.8, 4) is 0 Å². The molecule has 0 saturated carbocycles. The van der Waals surface area contributed by atoms with Crippen LogP contribution in [0.25, 0.3) is 0 Å². The normalized spacial score (nSPS) is 13.2. The molecule has 0 aliphatic rings. The summed E-state index contributed by atoms with van der Waals surface area (Å²) in [5.41, 5.74) is -0.0234. The van der Waals surface area contributed by atoms with Crippen LogP contribution in [-0.4, -0.2) is 18.1 Å². The minimum atomic E-state index is -4.35. The summed E-state index contributed by atoms with van der Waals surface area (Å²) in [4.78, 5) is 11.5. The Morgan fingerprint density at radius 2 is 2.06 bits per heavy atom. The molecule has 2 nitrogen and oxygen atoms in total. The average molecular weight is 328 g/mol. The lowest BCUT2D eigenvalue weighted by Gasteiger charge is -2.15. The monoisotopic (exact) mass is 327 g/mol. The Labute approximate surface area is 109 Å². The Balaban J connectivity index is 2.68. The van der Waals surface area contributed by atoms with Crippen LogP contribution in [0.5, 0.6) is 0 Å². The molecule has 0 fully saturated rings. The lowest BCUT2D eigenvalue weighted by Crippen LogP contribution is -2.35. The summed E-state index contributed by atoms with van der Waals surface area (Å²) in [6.07, 6.45) is -5.48. The first-order valence-corrected chi connectivity index (χ1v) is 5.81. The number of rotatable bonds is 3. The fourth-order valence-electron chi connectivity index (χ4n) is 1.34. The number of hydrogen-bond acceptors (Lipinski definition) is 1. The number of carbonyl (C=O) groups is 1. The van der Waals surface area contributed by atoms with E-state index in [1.807, 2.05) is 0 Å². The van der Waals surface area contributed by atoms with Gasteiger partial charge in [-0.05, 0) is 41.1 Å². The summed E-state index contributed by atoms with van der Waals surface area (Å²) >= 11 is 2.91. The second-order valence-electron chi connectivity index (χ2n) is 3.82. The third-order valence-corrected chi connectivity index (χ3v) is 2.74. The Bertz CT molecular complexity index is 447. The summed E-state index contributed by atoms with van der Waals surface area (Å²) in [7, 11) is 0. The molecule has 1 aromatic rings. The van der Waals surface area contributed by atoms with E-state index in [2.05, 4.69) is 21.2 Å². The number of halogens is 5. The number of carbonyl (C=O) groups excluding carboxylic acids is 1. The molecule has 0 spiro atoms. The van der Waals surface area contributed by atoms with E-state index in [9.17, 15) is 22.4 Å². The van der Waals surface area contributed by atoms with Gasteiger partial charge >= 0.3 is 6.18 Å². The highest BCUT2D eigenvalue weighted by atomic mass is 79.9. The van der Waals surface area contributed by atoms with Crippen LogP contribution in [0.1, 0.15) is 23.7 Å². The van der Waals surface area contributed by atoms with E-state index in [0.29, 0.717) is 0 Å². The summed E-state index contributed by atoms with van der Waals surface area (Å²) < 4.78 is 49.5. The lowest BCUT2D eigenvalue weighted by atomic mass is 10.1. The van der Waals surface area contributed by atoms with E-state index in [1.54, 1.807) is 0 Å². The molecular weight excluding hydrogens is 318 g/mol. The molecule has 1 amide bonds. The van der Waals surface area contributed by atoms with Crippen molar-refractivity contribution in [3.05, 3.63) is 34.1 Å². The first kappa shape index (κ1) is 14.9. The minimum Gasteiger partial charge on any atom is -0.349 e. The molecule has 0 radical (unpaired) electrons. The summed E-state index contributed by atoms with van der Waals surface area (Å²) in [5, 5.41) is 2.16. The smallest absolute Gasteiger partial charge is 0.349 e. The first-order chi connectivity index (χ1) is 8.19. The molecule has 1 aromatic carbocycles. The quantitative estimate of drug-likeness (QED) is 0.843. The summed E-state index contributed by atoms with van der Waals surface area (Å²) in [6, 6.07) is 2.53. The van der Waals surface area contributed by atoms with Gasteiger partial charge in [0.25, 0.3) is 5.91 Å². The van der Waals surface area contributed by atoms with Gasteiger partial charge < -0.3 is 5.32 Å². The molecule has 100 valence electrons. The highest BCUT2D eigenvalue weighted by Gasteiger charge is 2.30. The molecule has 1 atom stereocenters. The van der Waals surface area contributed by atoms with Crippen LogP contribution >= 0.6 is 15.9 Å². The Hall–Kier alpha value is -1.11.